The van der Waals surface area contributed by atoms with Crippen LogP contribution in [0.1, 0.15) is 62.8 Å². The Balaban J connectivity index is 1.40. The number of aryl methyl sites for hydroxylation is 1. The van der Waals surface area contributed by atoms with Gasteiger partial charge in [-0.3, -0.25) is 4.79 Å². The van der Waals surface area contributed by atoms with E-state index >= 15 is 0 Å². The first-order valence-corrected chi connectivity index (χ1v) is 10.6. The van der Waals surface area contributed by atoms with Gasteiger partial charge >= 0.3 is 0 Å². The van der Waals surface area contributed by atoms with Crippen molar-refractivity contribution < 1.29 is 9.21 Å². The lowest BCUT2D eigenvalue weighted by Crippen LogP contribution is -2.43. The predicted octanol–water partition coefficient (Wildman–Crippen LogP) is 4.58. The maximum Gasteiger partial charge on any atom is 0.277 e. The summed E-state index contributed by atoms with van der Waals surface area (Å²) in [7, 11) is 0. The van der Waals surface area contributed by atoms with Crippen molar-refractivity contribution in [2.45, 2.75) is 69.1 Å². The third-order valence-electron chi connectivity index (χ3n) is 5.49. The van der Waals surface area contributed by atoms with Crippen LogP contribution in [-0.2, 0) is 11.2 Å². The first kappa shape index (κ1) is 17.6. The summed E-state index contributed by atoms with van der Waals surface area (Å²) >= 11 is 1.35. The van der Waals surface area contributed by atoms with E-state index in [2.05, 4.69) is 23.2 Å². The largest absolute Gasteiger partial charge is 0.416 e. The van der Waals surface area contributed by atoms with Gasteiger partial charge in [-0.1, -0.05) is 49.2 Å². The molecule has 2 aromatic rings. The number of fused-ring (bicyclic) bond motifs is 1. The number of anilines is 1. The van der Waals surface area contributed by atoms with Crippen molar-refractivity contribution >= 4 is 23.4 Å². The van der Waals surface area contributed by atoms with E-state index in [1.54, 1.807) is 0 Å². The molecule has 2 aliphatic rings. The van der Waals surface area contributed by atoms with Crippen molar-refractivity contribution in [3.05, 3.63) is 35.7 Å². The molecule has 138 valence electrons. The molecule has 1 fully saturated rings. The van der Waals surface area contributed by atoms with E-state index in [1.165, 1.54) is 36.6 Å². The zero-order chi connectivity index (χ0) is 17.9. The molecule has 2 heterocycles. The summed E-state index contributed by atoms with van der Waals surface area (Å²) in [5, 5.41) is 8.88. The molecule has 1 atom stereocenters. The highest BCUT2D eigenvalue weighted by atomic mass is 32.2. The summed E-state index contributed by atoms with van der Waals surface area (Å²) < 4.78 is 5.83. The maximum atomic E-state index is 12.9. The van der Waals surface area contributed by atoms with Gasteiger partial charge in [0.2, 0.25) is 11.8 Å². The molecule has 1 aromatic carbocycles. The lowest BCUT2D eigenvalue weighted by atomic mass is 9.89. The van der Waals surface area contributed by atoms with Crippen LogP contribution in [0.4, 0.5) is 5.69 Å². The second-order valence-electron chi connectivity index (χ2n) is 7.31. The fourth-order valence-corrected chi connectivity index (χ4v) is 4.68. The number of thioether (sulfide) groups is 1. The molecule has 1 aromatic heterocycles. The van der Waals surface area contributed by atoms with Gasteiger partial charge in [0.15, 0.2) is 0 Å². The highest BCUT2D eigenvalue weighted by Crippen LogP contribution is 2.34. The first-order chi connectivity index (χ1) is 12.7. The second kappa shape index (κ2) is 7.82. The molecule has 1 amide bonds. The number of hydrogen-bond donors (Lipinski definition) is 0. The SMILES string of the molecule is CC1CCc2ccccc2N1C(=O)CSc1nnc(C2CCCCC2)o1. The topological polar surface area (TPSA) is 59.2 Å². The number of aromatic nitrogens is 2. The van der Waals surface area contributed by atoms with Crippen LogP contribution < -0.4 is 4.90 Å². The highest BCUT2D eigenvalue weighted by Gasteiger charge is 2.28. The summed E-state index contributed by atoms with van der Waals surface area (Å²) in [6.07, 6.45) is 8.07. The van der Waals surface area contributed by atoms with E-state index in [1.807, 2.05) is 23.1 Å². The number of benzene rings is 1. The van der Waals surface area contributed by atoms with Crippen molar-refractivity contribution in [1.29, 1.82) is 0 Å². The number of para-hydroxylation sites is 1. The Labute approximate surface area is 158 Å². The number of rotatable bonds is 4. The molecule has 1 aliphatic carbocycles. The van der Waals surface area contributed by atoms with Gasteiger partial charge in [-0.15, -0.1) is 10.2 Å². The number of nitrogens with zero attached hydrogens (tertiary/aromatic N) is 3. The van der Waals surface area contributed by atoms with Gasteiger partial charge in [0.1, 0.15) is 0 Å². The summed E-state index contributed by atoms with van der Waals surface area (Å²) in [5.41, 5.74) is 2.30. The van der Waals surface area contributed by atoms with Gasteiger partial charge in [-0.2, -0.15) is 0 Å². The van der Waals surface area contributed by atoms with Crippen LogP contribution >= 0.6 is 11.8 Å². The number of carbonyl (C=O) groups excluding carboxylic acids is 1. The number of amides is 1. The Bertz CT molecular complexity index is 770. The van der Waals surface area contributed by atoms with Gasteiger partial charge < -0.3 is 9.32 Å². The normalized spacial score (nSPS) is 20.8. The summed E-state index contributed by atoms with van der Waals surface area (Å²) in [5.74, 6) is 1.57. The fraction of sp³-hybridized carbons (Fsp3) is 0.550. The lowest BCUT2D eigenvalue weighted by Gasteiger charge is -2.35. The van der Waals surface area contributed by atoms with Gasteiger partial charge in [0.05, 0.1) is 5.75 Å². The minimum atomic E-state index is 0.104. The Kier molecular flexibility index (Phi) is 5.29. The summed E-state index contributed by atoms with van der Waals surface area (Å²) in [4.78, 5) is 14.8. The average Bonchev–Trinajstić information content (AvgIpc) is 3.16. The van der Waals surface area contributed by atoms with Crippen molar-refractivity contribution in [2.75, 3.05) is 10.7 Å². The van der Waals surface area contributed by atoms with Gasteiger partial charge in [-0.05, 0) is 44.2 Å². The van der Waals surface area contributed by atoms with Gasteiger partial charge in [-0.25, -0.2) is 0 Å². The second-order valence-corrected chi connectivity index (χ2v) is 8.24. The third-order valence-corrected chi connectivity index (χ3v) is 6.29. The van der Waals surface area contributed by atoms with Crippen LogP contribution in [0, 0.1) is 0 Å². The number of carbonyl (C=O) groups is 1. The standard InChI is InChI=1S/C20H25N3O2S/c1-14-11-12-15-7-5-6-10-17(15)23(14)18(24)13-26-20-22-21-19(25-20)16-8-3-2-4-9-16/h5-7,10,14,16H,2-4,8-9,11-13H2,1H3. The zero-order valence-electron chi connectivity index (χ0n) is 15.2. The van der Waals surface area contributed by atoms with Crippen LogP contribution in [0.2, 0.25) is 0 Å². The Morgan fingerprint density at radius 1 is 1.19 bits per heavy atom. The number of hydrogen-bond acceptors (Lipinski definition) is 5. The van der Waals surface area contributed by atoms with E-state index in [-0.39, 0.29) is 11.9 Å². The van der Waals surface area contributed by atoms with Crippen molar-refractivity contribution in [3.63, 3.8) is 0 Å². The van der Waals surface area contributed by atoms with Crippen LogP contribution in [0.25, 0.3) is 0 Å². The molecule has 26 heavy (non-hydrogen) atoms. The smallest absolute Gasteiger partial charge is 0.277 e. The van der Waals surface area contributed by atoms with Crippen LogP contribution in [-0.4, -0.2) is 27.9 Å². The van der Waals surface area contributed by atoms with Gasteiger partial charge in [0.25, 0.3) is 5.22 Å². The monoisotopic (exact) mass is 371 g/mol. The third kappa shape index (κ3) is 3.65. The van der Waals surface area contributed by atoms with Crippen LogP contribution in [0.3, 0.4) is 0 Å². The quantitative estimate of drug-likeness (QED) is 0.737. The molecule has 1 saturated carbocycles. The van der Waals surface area contributed by atoms with E-state index in [9.17, 15) is 4.79 Å². The molecule has 0 radical (unpaired) electrons. The van der Waals surface area contributed by atoms with E-state index in [4.69, 9.17) is 4.42 Å². The van der Waals surface area contributed by atoms with Gasteiger partial charge in [0, 0.05) is 17.6 Å². The van der Waals surface area contributed by atoms with E-state index in [0.29, 0.717) is 16.9 Å². The molecular formula is C20H25N3O2S. The average molecular weight is 372 g/mol. The molecule has 0 bridgehead atoms. The molecule has 0 spiro atoms. The molecule has 0 N–H and O–H groups in total. The molecule has 6 heteroatoms. The zero-order valence-corrected chi connectivity index (χ0v) is 16.0. The molecule has 1 unspecified atom stereocenters. The van der Waals surface area contributed by atoms with Crippen LogP contribution in [0.15, 0.2) is 33.9 Å². The molecule has 1 aliphatic heterocycles. The molecule has 0 saturated heterocycles. The minimum Gasteiger partial charge on any atom is -0.416 e. The molecular weight excluding hydrogens is 346 g/mol. The molecule has 5 nitrogen and oxygen atoms in total. The Hall–Kier alpha value is -1.82. The van der Waals surface area contributed by atoms with E-state index in [0.717, 1.165) is 37.3 Å². The van der Waals surface area contributed by atoms with Crippen molar-refractivity contribution in [1.82, 2.24) is 10.2 Å². The highest BCUT2D eigenvalue weighted by molar-refractivity contribution is 7.99. The maximum absolute atomic E-state index is 12.9. The van der Waals surface area contributed by atoms with Crippen molar-refractivity contribution in [3.8, 4) is 0 Å². The summed E-state index contributed by atoms with van der Waals surface area (Å²) in [6.45, 7) is 2.12. The molecule has 4 rings (SSSR count). The Morgan fingerprint density at radius 3 is 2.85 bits per heavy atom. The van der Waals surface area contributed by atoms with Crippen LogP contribution in [0.5, 0.6) is 0 Å². The summed E-state index contributed by atoms with van der Waals surface area (Å²) in [6, 6.07) is 8.42. The Morgan fingerprint density at radius 2 is 2.00 bits per heavy atom. The van der Waals surface area contributed by atoms with E-state index < -0.39 is 0 Å². The first-order valence-electron chi connectivity index (χ1n) is 9.58. The minimum absolute atomic E-state index is 0.104. The fourth-order valence-electron chi connectivity index (χ4n) is 4.05. The lowest BCUT2D eigenvalue weighted by molar-refractivity contribution is -0.116. The predicted molar refractivity (Wildman–Crippen MR) is 103 cm³/mol. The van der Waals surface area contributed by atoms with Crippen molar-refractivity contribution in [2.24, 2.45) is 0 Å².